The normalized spacial score (nSPS) is 14.0. The summed E-state index contributed by atoms with van der Waals surface area (Å²) < 4.78 is 15.9. The molecular formula is C23H33IN4O4. The molecule has 1 amide bonds. The average molecular weight is 556 g/mol. The highest BCUT2D eigenvalue weighted by Gasteiger charge is 2.25. The van der Waals surface area contributed by atoms with Crippen molar-refractivity contribution in [1.29, 1.82) is 0 Å². The number of benzene rings is 1. The number of aryl methyl sites for hydroxylation is 1. The average Bonchev–Trinajstić information content (AvgIpc) is 3.35. The van der Waals surface area contributed by atoms with Gasteiger partial charge in [0.15, 0.2) is 23.2 Å². The molecule has 2 aromatic rings. The number of amides is 1. The lowest BCUT2D eigenvalue weighted by Gasteiger charge is -2.36. The number of hydrogen-bond donors (Lipinski definition) is 1. The number of ether oxygens (including phenoxy) is 2. The Bertz CT molecular complexity index is 865. The van der Waals surface area contributed by atoms with Gasteiger partial charge < -0.3 is 29.0 Å². The summed E-state index contributed by atoms with van der Waals surface area (Å²) in [4.78, 5) is 21.3. The fraction of sp³-hybridized carbons (Fsp3) is 0.478. The van der Waals surface area contributed by atoms with E-state index in [1.807, 2.05) is 17.0 Å². The lowest BCUT2D eigenvalue weighted by Crippen LogP contribution is -2.53. The highest BCUT2D eigenvalue weighted by molar-refractivity contribution is 14.0. The molecule has 0 bridgehead atoms. The van der Waals surface area contributed by atoms with Gasteiger partial charge in [-0.2, -0.15) is 0 Å². The van der Waals surface area contributed by atoms with Crippen LogP contribution in [0.1, 0.15) is 29.5 Å². The van der Waals surface area contributed by atoms with E-state index in [-0.39, 0.29) is 29.9 Å². The number of piperazine rings is 1. The smallest absolute Gasteiger partial charge is 0.289 e. The van der Waals surface area contributed by atoms with Crippen LogP contribution in [0.4, 0.5) is 0 Å². The second-order valence-electron chi connectivity index (χ2n) is 7.29. The van der Waals surface area contributed by atoms with Crippen molar-refractivity contribution >= 4 is 35.8 Å². The summed E-state index contributed by atoms with van der Waals surface area (Å²) in [6, 6.07) is 9.46. The number of nitrogens with one attached hydrogen (secondary N) is 1. The Morgan fingerprint density at radius 2 is 1.81 bits per heavy atom. The van der Waals surface area contributed by atoms with Crippen molar-refractivity contribution in [2.75, 3.05) is 53.5 Å². The predicted octanol–water partition coefficient (Wildman–Crippen LogP) is 3.27. The number of carbonyl (C=O) groups is 1. The van der Waals surface area contributed by atoms with E-state index < -0.39 is 0 Å². The zero-order valence-electron chi connectivity index (χ0n) is 19.0. The standard InChI is InChI=1S/C23H32N4O4.HI/c1-4-24-23(25-11-5-7-18-9-10-19(29-2)21(17-18)30-3)27-14-12-26(13-15-27)22(28)20-8-6-16-31-20;/h6,8-10,16-17H,4-5,7,11-15H2,1-3H3,(H,24,25);1H. The maximum Gasteiger partial charge on any atom is 0.289 e. The van der Waals surface area contributed by atoms with Crippen molar-refractivity contribution in [1.82, 2.24) is 15.1 Å². The molecule has 1 aliphatic rings. The first-order chi connectivity index (χ1) is 15.2. The largest absolute Gasteiger partial charge is 0.493 e. The van der Waals surface area contributed by atoms with Crippen LogP contribution in [0.25, 0.3) is 0 Å². The van der Waals surface area contributed by atoms with Crippen molar-refractivity contribution in [3.05, 3.63) is 47.9 Å². The van der Waals surface area contributed by atoms with Crippen LogP contribution in [0.3, 0.4) is 0 Å². The molecule has 176 valence electrons. The van der Waals surface area contributed by atoms with E-state index in [4.69, 9.17) is 18.9 Å². The Kier molecular flexibility index (Phi) is 10.6. The molecule has 1 aromatic heterocycles. The third-order valence-corrected chi connectivity index (χ3v) is 5.27. The predicted molar refractivity (Wildman–Crippen MR) is 135 cm³/mol. The van der Waals surface area contributed by atoms with E-state index in [1.54, 1.807) is 26.4 Å². The van der Waals surface area contributed by atoms with E-state index in [1.165, 1.54) is 11.8 Å². The van der Waals surface area contributed by atoms with Crippen LogP contribution in [-0.4, -0.2) is 75.2 Å². The Hall–Kier alpha value is -2.43. The second kappa shape index (κ2) is 13.2. The van der Waals surface area contributed by atoms with Gasteiger partial charge in [-0.1, -0.05) is 6.07 Å². The second-order valence-corrected chi connectivity index (χ2v) is 7.29. The van der Waals surface area contributed by atoms with Gasteiger partial charge in [0.2, 0.25) is 0 Å². The molecule has 0 unspecified atom stereocenters. The number of methoxy groups -OCH3 is 2. The molecule has 1 aromatic carbocycles. The molecule has 8 nitrogen and oxygen atoms in total. The first kappa shape index (κ1) is 25.8. The quantitative estimate of drug-likeness (QED) is 0.233. The number of nitrogens with zero attached hydrogens (tertiary/aromatic N) is 3. The van der Waals surface area contributed by atoms with Crippen molar-refractivity contribution in [2.24, 2.45) is 4.99 Å². The minimum atomic E-state index is -0.0542. The van der Waals surface area contributed by atoms with Crippen molar-refractivity contribution in [3.63, 3.8) is 0 Å². The molecule has 2 heterocycles. The molecule has 0 radical (unpaired) electrons. The third-order valence-electron chi connectivity index (χ3n) is 5.27. The molecule has 0 spiro atoms. The number of hydrogen-bond acceptors (Lipinski definition) is 5. The third kappa shape index (κ3) is 6.78. The Morgan fingerprint density at radius 3 is 2.44 bits per heavy atom. The first-order valence-corrected chi connectivity index (χ1v) is 10.7. The van der Waals surface area contributed by atoms with Gasteiger partial charge in [0, 0.05) is 39.3 Å². The van der Waals surface area contributed by atoms with Crippen LogP contribution in [0.2, 0.25) is 0 Å². The first-order valence-electron chi connectivity index (χ1n) is 10.7. The molecule has 3 rings (SSSR count). The van der Waals surface area contributed by atoms with E-state index >= 15 is 0 Å². The van der Waals surface area contributed by atoms with Crippen LogP contribution < -0.4 is 14.8 Å². The number of rotatable bonds is 8. The molecule has 1 aliphatic heterocycles. The van der Waals surface area contributed by atoms with Crippen LogP contribution >= 0.6 is 24.0 Å². The van der Waals surface area contributed by atoms with E-state index in [9.17, 15) is 4.79 Å². The van der Waals surface area contributed by atoms with Gasteiger partial charge in [-0.15, -0.1) is 24.0 Å². The number of aliphatic imine (C=N–C) groups is 1. The molecular weight excluding hydrogens is 523 g/mol. The summed E-state index contributed by atoms with van der Waals surface area (Å²) in [7, 11) is 3.29. The van der Waals surface area contributed by atoms with Crippen LogP contribution in [0, 0.1) is 0 Å². The highest BCUT2D eigenvalue weighted by Crippen LogP contribution is 2.27. The summed E-state index contributed by atoms with van der Waals surface area (Å²) in [5.74, 6) is 2.73. The van der Waals surface area contributed by atoms with Crippen molar-refractivity contribution < 1.29 is 18.7 Å². The fourth-order valence-corrected chi connectivity index (χ4v) is 3.61. The molecule has 32 heavy (non-hydrogen) atoms. The molecule has 9 heteroatoms. The van der Waals surface area contributed by atoms with E-state index in [2.05, 4.69) is 23.2 Å². The lowest BCUT2D eigenvalue weighted by atomic mass is 10.1. The molecule has 0 saturated carbocycles. The zero-order chi connectivity index (χ0) is 22.1. The highest BCUT2D eigenvalue weighted by atomic mass is 127. The Morgan fingerprint density at radius 1 is 1.09 bits per heavy atom. The molecule has 0 aliphatic carbocycles. The minimum Gasteiger partial charge on any atom is -0.493 e. The Labute approximate surface area is 207 Å². The van der Waals surface area contributed by atoms with Gasteiger partial charge in [-0.05, 0) is 49.6 Å². The zero-order valence-corrected chi connectivity index (χ0v) is 21.3. The number of carbonyl (C=O) groups excluding carboxylic acids is 1. The summed E-state index contributed by atoms with van der Waals surface area (Å²) in [6.07, 6.45) is 3.37. The topological polar surface area (TPSA) is 79.5 Å². The number of furan rings is 1. The van der Waals surface area contributed by atoms with Crippen molar-refractivity contribution in [3.8, 4) is 11.5 Å². The molecule has 1 saturated heterocycles. The van der Waals surface area contributed by atoms with Gasteiger partial charge in [0.1, 0.15) is 0 Å². The summed E-state index contributed by atoms with van der Waals surface area (Å²) in [6.45, 7) is 6.38. The van der Waals surface area contributed by atoms with Gasteiger partial charge >= 0.3 is 0 Å². The Balaban J connectivity index is 0.00000363. The fourth-order valence-electron chi connectivity index (χ4n) is 3.61. The molecule has 0 atom stereocenters. The summed E-state index contributed by atoms with van der Waals surface area (Å²) >= 11 is 0. The van der Waals surface area contributed by atoms with Gasteiger partial charge in [-0.3, -0.25) is 9.79 Å². The molecule has 1 fully saturated rings. The van der Waals surface area contributed by atoms with E-state index in [0.717, 1.165) is 56.5 Å². The van der Waals surface area contributed by atoms with Gasteiger partial charge in [-0.25, -0.2) is 0 Å². The minimum absolute atomic E-state index is 0. The van der Waals surface area contributed by atoms with Crippen molar-refractivity contribution in [2.45, 2.75) is 19.8 Å². The summed E-state index contributed by atoms with van der Waals surface area (Å²) in [5.41, 5.74) is 1.20. The number of halogens is 1. The lowest BCUT2D eigenvalue weighted by molar-refractivity contribution is 0.0657. The maximum absolute atomic E-state index is 12.4. The van der Waals surface area contributed by atoms with Crippen LogP contribution in [0.5, 0.6) is 11.5 Å². The maximum atomic E-state index is 12.4. The number of guanidine groups is 1. The van der Waals surface area contributed by atoms with Gasteiger partial charge in [0.05, 0.1) is 20.5 Å². The van der Waals surface area contributed by atoms with E-state index in [0.29, 0.717) is 18.8 Å². The van der Waals surface area contributed by atoms with Crippen LogP contribution in [0.15, 0.2) is 46.0 Å². The SMILES string of the molecule is CCNC(=NCCCc1ccc(OC)c(OC)c1)N1CCN(C(=O)c2ccco2)CC1.I. The van der Waals surface area contributed by atoms with Gasteiger partial charge in [0.25, 0.3) is 5.91 Å². The monoisotopic (exact) mass is 556 g/mol. The van der Waals surface area contributed by atoms with Crippen LogP contribution in [-0.2, 0) is 6.42 Å². The molecule has 1 N–H and O–H groups in total. The summed E-state index contributed by atoms with van der Waals surface area (Å²) in [5, 5.41) is 3.37.